The third-order valence-electron chi connectivity index (χ3n) is 4.15. The molecule has 2 aliphatic rings. The number of rotatable bonds is 3. The Balaban J connectivity index is 1.77. The summed E-state index contributed by atoms with van der Waals surface area (Å²) in [5.41, 5.74) is 0.468. The van der Waals surface area contributed by atoms with Gasteiger partial charge < -0.3 is 10.0 Å². The molecular formula is C13H25NO. The summed E-state index contributed by atoms with van der Waals surface area (Å²) < 4.78 is 0. The summed E-state index contributed by atoms with van der Waals surface area (Å²) in [6.45, 7) is 7.91. The highest BCUT2D eigenvalue weighted by Crippen LogP contribution is 2.31. The Labute approximate surface area is 93.7 Å². The molecule has 2 rings (SSSR count). The smallest absolute Gasteiger partial charge is 0.0695 e. The van der Waals surface area contributed by atoms with Crippen LogP contribution >= 0.6 is 0 Å². The first kappa shape index (κ1) is 11.4. The normalized spacial score (nSPS) is 29.8. The number of aliphatic hydroxyl groups is 1. The molecule has 1 heterocycles. The van der Waals surface area contributed by atoms with Crippen molar-refractivity contribution in [1.29, 1.82) is 0 Å². The fraction of sp³-hybridized carbons (Fsp3) is 1.00. The van der Waals surface area contributed by atoms with E-state index in [1.807, 2.05) is 0 Å². The van der Waals surface area contributed by atoms with Gasteiger partial charge in [0.1, 0.15) is 0 Å². The van der Waals surface area contributed by atoms with Crippen molar-refractivity contribution in [3.8, 4) is 0 Å². The van der Waals surface area contributed by atoms with Crippen molar-refractivity contribution in [2.75, 3.05) is 19.6 Å². The lowest BCUT2D eigenvalue weighted by Gasteiger charge is -2.25. The van der Waals surface area contributed by atoms with Gasteiger partial charge in [-0.1, -0.05) is 26.7 Å². The second kappa shape index (κ2) is 4.42. The van der Waals surface area contributed by atoms with Crippen LogP contribution < -0.4 is 0 Å². The Kier molecular flexibility index (Phi) is 3.36. The van der Waals surface area contributed by atoms with Crippen LogP contribution in [0.5, 0.6) is 0 Å². The van der Waals surface area contributed by atoms with E-state index in [0.29, 0.717) is 11.3 Å². The Morgan fingerprint density at radius 1 is 1.33 bits per heavy atom. The average Bonchev–Trinajstić information content (AvgIpc) is 2.74. The molecule has 1 saturated heterocycles. The van der Waals surface area contributed by atoms with Crippen molar-refractivity contribution in [2.24, 2.45) is 11.3 Å². The summed E-state index contributed by atoms with van der Waals surface area (Å²) in [6.07, 6.45) is 6.36. The molecule has 88 valence electrons. The largest absolute Gasteiger partial charge is 0.392 e. The number of nitrogens with zero attached hydrogens (tertiary/aromatic N) is 1. The lowest BCUT2D eigenvalue weighted by molar-refractivity contribution is 0.0709. The van der Waals surface area contributed by atoms with Gasteiger partial charge in [-0.25, -0.2) is 0 Å². The van der Waals surface area contributed by atoms with Crippen LogP contribution in [0, 0.1) is 11.3 Å². The Morgan fingerprint density at radius 2 is 2.00 bits per heavy atom. The van der Waals surface area contributed by atoms with E-state index in [-0.39, 0.29) is 6.10 Å². The van der Waals surface area contributed by atoms with Gasteiger partial charge in [-0.3, -0.25) is 0 Å². The highest BCUT2D eigenvalue weighted by molar-refractivity contribution is 4.85. The monoisotopic (exact) mass is 211 g/mol. The van der Waals surface area contributed by atoms with Gasteiger partial charge in [0.05, 0.1) is 6.10 Å². The van der Waals surface area contributed by atoms with E-state index in [1.165, 1.54) is 38.6 Å². The number of hydrogen-bond donors (Lipinski definition) is 1. The van der Waals surface area contributed by atoms with Gasteiger partial charge in [-0.05, 0) is 37.1 Å². The second-order valence-corrected chi connectivity index (χ2v) is 6.26. The maximum Gasteiger partial charge on any atom is 0.0695 e. The second-order valence-electron chi connectivity index (χ2n) is 6.26. The standard InChI is InChI=1S/C13H25NO/c1-13(2)7-8-14(10-13)9-12(15)11-5-3-4-6-11/h11-12,15H,3-10H2,1-2H3. The fourth-order valence-electron chi connectivity index (χ4n) is 3.14. The Morgan fingerprint density at radius 3 is 2.53 bits per heavy atom. The van der Waals surface area contributed by atoms with E-state index in [2.05, 4.69) is 18.7 Å². The number of likely N-dealkylation sites (tertiary alicyclic amines) is 1. The van der Waals surface area contributed by atoms with E-state index >= 15 is 0 Å². The Hall–Kier alpha value is -0.0800. The summed E-state index contributed by atoms with van der Waals surface area (Å²) in [5, 5.41) is 10.1. The molecule has 1 N–H and O–H groups in total. The van der Waals surface area contributed by atoms with Crippen molar-refractivity contribution in [2.45, 2.75) is 52.1 Å². The minimum absolute atomic E-state index is 0.0681. The molecule has 2 fully saturated rings. The molecule has 1 aliphatic heterocycles. The molecule has 0 aromatic carbocycles. The molecule has 1 saturated carbocycles. The van der Waals surface area contributed by atoms with Crippen molar-refractivity contribution < 1.29 is 5.11 Å². The third-order valence-corrected chi connectivity index (χ3v) is 4.15. The van der Waals surface area contributed by atoms with Crippen LogP contribution in [0.4, 0.5) is 0 Å². The number of hydrogen-bond acceptors (Lipinski definition) is 2. The highest BCUT2D eigenvalue weighted by Gasteiger charge is 2.32. The molecule has 0 bridgehead atoms. The maximum absolute atomic E-state index is 10.1. The van der Waals surface area contributed by atoms with Gasteiger partial charge in [0, 0.05) is 13.1 Å². The molecule has 2 heteroatoms. The zero-order valence-electron chi connectivity index (χ0n) is 10.2. The van der Waals surface area contributed by atoms with E-state index in [0.717, 1.165) is 13.1 Å². The maximum atomic E-state index is 10.1. The first-order valence-electron chi connectivity index (χ1n) is 6.47. The first-order chi connectivity index (χ1) is 7.07. The molecule has 0 aromatic heterocycles. The topological polar surface area (TPSA) is 23.5 Å². The minimum atomic E-state index is -0.0681. The predicted molar refractivity (Wildman–Crippen MR) is 62.8 cm³/mol. The molecular weight excluding hydrogens is 186 g/mol. The predicted octanol–water partition coefficient (Wildman–Crippen LogP) is 2.27. The van der Waals surface area contributed by atoms with E-state index in [1.54, 1.807) is 0 Å². The summed E-state index contributed by atoms with van der Waals surface area (Å²) in [7, 11) is 0. The van der Waals surface area contributed by atoms with Crippen molar-refractivity contribution in [3.05, 3.63) is 0 Å². The quantitative estimate of drug-likeness (QED) is 0.774. The summed E-state index contributed by atoms with van der Waals surface area (Å²) in [5.74, 6) is 0.591. The first-order valence-corrected chi connectivity index (χ1v) is 6.47. The van der Waals surface area contributed by atoms with E-state index < -0.39 is 0 Å². The van der Waals surface area contributed by atoms with Gasteiger partial charge in [-0.15, -0.1) is 0 Å². The summed E-state index contributed by atoms with van der Waals surface area (Å²) >= 11 is 0. The molecule has 1 unspecified atom stereocenters. The number of aliphatic hydroxyl groups excluding tert-OH is 1. The van der Waals surface area contributed by atoms with Crippen molar-refractivity contribution in [3.63, 3.8) is 0 Å². The van der Waals surface area contributed by atoms with Crippen LogP contribution in [-0.2, 0) is 0 Å². The molecule has 0 spiro atoms. The fourth-order valence-corrected chi connectivity index (χ4v) is 3.14. The zero-order chi connectivity index (χ0) is 10.9. The third kappa shape index (κ3) is 2.94. The lowest BCUT2D eigenvalue weighted by atomic mass is 9.93. The molecule has 1 aliphatic carbocycles. The highest BCUT2D eigenvalue weighted by atomic mass is 16.3. The van der Waals surface area contributed by atoms with Crippen molar-refractivity contribution >= 4 is 0 Å². The van der Waals surface area contributed by atoms with Crippen LogP contribution in [0.2, 0.25) is 0 Å². The molecule has 0 amide bonds. The van der Waals surface area contributed by atoms with Crippen LogP contribution in [-0.4, -0.2) is 35.7 Å². The number of β-amino-alcohol motifs (C(OH)–C–C–N with tert-alkyl or cyclic N) is 1. The average molecular weight is 211 g/mol. The van der Waals surface area contributed by atoms with Crippen molar-refractivity contribution in [1.82, 2.24) is 4.90 Å². The summed E-state index contributed by atoms with van der Waals surface area (Å²) in [4.78, 5) is 2.45. The lowest BCUT2D eigenvalue weighted by Crippen LogP contribution is -2.35. The van der Waals surface area contributed by atoms with Gasteiger partial charge in [0.2, 0.25) is 0 Å². The minimum Gasteiger partial charge on any atom is -0.392 e. The molecule has 1 atom stereocenters. The van der Waals surface area contributed by atoms with E-state index in [9.17, 15) is 5.11 Å². The van der Waals surface area contributed by atoms with Crippen LogP contribution in [0.1, 0.15) is 46.0 Å². The van der Waals surface area contributed by atoms with Gasteiger partial charge in [0.15, 0.2) is 0 Å². The molecule has 0 aromatic rings. The van der Waals surface area contributed by atoms with Crippen LogP contribution in [0.25, 0.3) is 0 Å². The van der Waals surface area contributed by atoms with Gasteiger partial charge >= 0.3 is 0 Å². The van der Waals surface area contributed by atoms with Crippen LogP contribution in [0.15, 0.2) is 0 Å². The zero-order valence-corrected chi connectivity index (χ0v) is 10.2. The molecule has 0 radical (unpaired) electrons. The molecule has 2 nitrogen and oxygen atoms in total. The van der Waals surface area contributed by atoms with Gasteiger partial charge in [-0.2, -0.15) is 0 Å². The summed E-state index contributed by atoms with van der Waals surface area (Å²) in [6, 6.07) is 0. The van der Waals surface area contributed by atoms with E-state index in [4.69, 9.17) is 0 Å². The van der Waals surface area contributed by atoms with Gasteiger partial charge in [0.25, 0.3) is 0 Å². The molecule has 15 heavy (non-hydrogen) atoms. The Bertz CT molecular complexity index is 209. The SMILES string of the molecule is CC1(C)CCN(CC(O)C2CCCC2)C1. The van der Waals surface area contributed by atoms with Crippen LogP contribution in [0.3, 0.4) is 0 Å².